The standard InChI is InChI=1S/C35H32O8/c1-42-32-20-29(40)33(35-34(32)30(41)19-31(43-35)23-10-17-27(39)18-11-23)28(22-8-15-26(38)16-9-22)4-2-3-24(36)12-5-21-6-13-25(37)14-7-21/h2,4,6-11,13-20,24,28,36-40H,3,5,12H2,1H3/b4-2+/t24-,28-/m1/s1. The number of hydrogen-bond donors (Lipinski definition) is 5. The summed E-state index contributed by atoms with van der Waals surface area (Å²) in [5, 5.41) is 51.3. The van der Waals surface area contributed by atoms with Gasteiger partial charge in [-0.15, -0.1) is 0 Å². The van der Waals surface area contributed by atoms with Crippen LogP contribution in [0.2, 0.25) is 0 Å². The summed E-state index contributed by atoms with van der Waals surface area (Å²) in [7, 11) is 1.40. The van der Waals surface area contributed by atoms with Crippen LogP contribution in [0.25, 0.3) is 22.3 Å². The zero-order valence-electron chi connectivity index (χ0n) is 23.5. The molecule has 2 atom stereocenters. The van der Waals surface area contributed by atoms with E-state index >= 15 is 0 Å². The summed E-state index contributed by atoms with van der Waals surface area (Å²) in [6.45, 7) is 0. The molecule has 43 heavy (non-hydrogen) atoms. The van der Waals surface area contributed by atoms with Crippen molar-refractivity contribution in [3.05, 3.63) is 124 Å². The highest BCUT2D eigenvalue weighted by atomic mass is 16.5. The van der Waals surface area contributed by atoms with Crippen molar-refractivity contribution in [2.45, 2.75) is 31.3 Å². The third kappa shape index (κ3) is 6.66. The molecule has 0 aliphatic carbocycles. The van der Waals surface area contributed by atoms with Gasteiger partial charge in [-0.1, -0.05) is 36.4 Å². The van der Waals surface area contributed by atoms with E-state index in [2.05, 4.69) is 0 Å². The van der Waals surface area contributed by atoms with Crippen LogP contribution < -0.4 is 10.2 Å². The Morgan fingerprint density at radius 2 is 1.44 bits per heavy atom. The van der Waals surface area contributed by atoms with Crippen molar-refractivity contribution in [2.75, 3.05) is 7.11 Å². The smallest absolute Gasteiger partial charge is 0.197 e. The molecule has 0 saturated carbocycles. The summed E-state index contributed by atoms with van der Waals surface area (Å²) in [5.41, 5.74) is 2.32. The van der Waals surface area contributed by atoms with Gasteiger partial charge in [0.05, 0.1) is 13.2 Å². The molecule has 0 spiro atoms. The van der Waals surface area contributed by atoms with Gasteiger partial charge >= 0.3 is 0 Å². The quantitative estimate of drug-likeness (QED) is 0.120. The van der Waals surface area contributed by atoms with Crippen molar-refractivity contribution < 1.29 is 34.7 Å². The highest BCUT2D eigenvalue weighted by Gasteiger charge is 2.25. The van der Waals surface area contributed by atoms with Crippen molar-refractivity contribution in [1.29, 1.82) is 0 Å². The molecule has 8 nitrogen and oxygen atoms in total. The van der Waals surface area contributed by atoms with E-state index in [9.17, 15) is 30.3 Å². The number of allylic oxidation sites excluding steroid dienone is 1. The zero-order valence-corrected chi connectivity index (χ0v) is 23.5. The second-order valence-electron chi connectivity index (χ2n) is 10.3. The number of benzene rings is 4. The van der Waals surface area contributed by atoms with E-state index in [1.165, 1.54) is 43.5 Å². The van der Waals surface area contributed by atoms with E-state index in [1.54, 1.807) is 36.4 Å². The first kappa shape index (κ1) is 29.3. The van der Waals surface area contributed by atoms with Crippen molar-refractivity contribution in [3.8, 4) is 40.1 Å². The first-order valence-corrected chi connectivity index (χ1v) is 13.8. The van der Waals surface area contributed by atoms with E-state index in [0.29, 0.717) is 36.0 Å². The molecular formula is C35H32O8. The molecule has 8 heteroatoms. The van der Waals surface area contributed by atoms with Crippen LogP contribution in [-0.2, 0) is 6.42 Å². The number of aliphatic hydroxyl groups is 1. The fourth-order valence-electron chi connectivity index (χ4n) is 5.08. The van der Waals surface area contributed by atoms with Gasteiger partial charge in [-0.25, -0.2) is 0 Å². The van der Waals surface area contributed by atoms with E-state index in [-0.39, 0.29) is 50.9 Å². The number of aliphatic hydroxyl groups excluding tert-OH is 1. The van der Waals surface area contributed by atoms with E-state index < -0.39 is 12.0 Å². The Kier molecular flexibility index (Phi) is 8.69. The summed E-state index contributed by atoms with van der Waals surface area (Å²) in [6.07, 6.45) is 4.45. The van der Waals surface area contributed by atoms with Gasteiger partial charge in [0, 0.05) is 29.2 Å². The summed E-state index contributed by atoms with van der Waals surface area (Å²) in [5.74, 6) is -0.0732. The lowest BCUT2D eigenvalue weighted by atomic mass is 9.88. The van der Waals surface area contributed by atoms with Gasteiger partial charge in [0.15, 0.2) is 5.43 Å². The molecule has 4 aromatic carbocycles. The van der Waals surface area contributed by atoms with E-state index in [1.807, 2.05) is 24.3 Å². The Bertz CT molecular complexity index is 1790. The first-order chi connectivity index (χ1) is 20.7. The molecule has 0 aliphatic rings. The number of ether oxygens (including phenoxy) is 1. The predicted octanol–water partition coefficient (Wildman–Crippen LogP) is 6.36. The average Bonchev–Trinajstić information content (AvgIpc) is 3.00. The minimum absolute atomic E-state index is 0.0645. The molecule has 0 aliphatic heterocycles. The van der Waals surface area contributed by atoms with Gasteiger partial charge in [-0.3, -0.25) is 4.79 Å². The number of phenols is 4. The zero-order chi connectivity index (χ0) is 30.5. The SMILES string of the molecule is COc1cc(O)c([C@H](/C=C/C[C@@H](O)CCc2ccc(O)cc2)c2ccc(O)cc2)c2oc(-c3ccc(O)cc3)cc(=O)c12. The number of aryl methyl sites for hydroxylation is 1. The number of methoxy groups -OCH3 is 1. The number of rotatable bonds is 10. The highest BCUT2D eigenvalue weighted by molar-refractivity contribution is 5.90. The third-order valence-corrected chi connectivity index (χ3v) is 7.36. The van der Waals surface area contributed by atoms with Gasteiger partial charge in [0.25, 0.3) is 0 Å². The maximum absolute atomic E-state index is 13.4. The Morgan fingerprint density at radius 1 is 0.837 bits per heavy atom. The van der Waals surface area contributed by atoms with Gasteiger partial charge in [0.1, 0.15) is 45.5 Å². The Labute approximate surface area is 248 Å². The second kappa shape index (κ2) is 12.8. The van der Waals surface area contributed by atoms with Crippen LogP contribution >= 0.6 is 0 Å². The van der Waals surface area contributed by atoms with Crippen LogP contribution in [0, 0.1) is 0 Å². The lowest BCUT2D eigenvalue weighted by Gasteiger charge is -2.19. The van der Waals surface area contributed by atoms with Gasteiger partial charge in [-0.05, 0) is 78.9 Å². The summed E-state index contributed by atoms with van der Waals surface area (Å²) >= 11 is 0. The molecule has 0 fully saturated rings. The molecule has 1 aromatic heterocycles. The van der Waals surface area contributed by atoms with Crippen molar-refractivity contribution >= 4 is 11.0 Å². The molecule has 0 amide bonds. The largest absolute Gasteiger partial charge is 0.508 e. The van der Waals surface area contributed by atoms with Crippen LogP contribution in [0.5, 0.6) is 28.7 Å². The van der Waals surface area contributed by atoms with Crippen molar-refractivity contribution in [2.24, 2.45) is 0 Å². The number of fused-ring (bicyclic) bond motifs is 1. The van der Waals surface area contributed by atoms with Gasteiger partial charge < -0.3 is 34.7 Å². The maximum atomic E-state index is 13.4. The number of hydrogen-bond acceptors (Lipinski definition) is 8. The van der Waals surface area contributed by atoms with Crippen molar-refractivity contribution in [3.63, 3.8) is 0 Å². The Morgan fingerprint density at radius 3 is 2.07 bits per heavy atom. The van der Waals surface area contributed by atoms with Gasteiger partial charge in [-0.2, -0.15) is 0 Å². The monoisotopic (exact) mass is 580 g/mol. The molecule has 0 radical (unpaired) electrons. The molecule has 5 aromatic rings. The van der Waals surface area contributed by atoms with Crippen LogP contribution in [-0.4, -0.2) is 38.7 Å². The Balaban J connectivity index is 1.56. The molecule has 5 N–H and O–H groups in total. The van der Waals surface area contributed by atoms with E-state index in [4.69, 9.17) is 9.15 Å². The van der Waals surface area contributed by atoms with Crippen LogP contribution in [0.4, 0.5) is 0 Å². The fourth-order valence-corrected chi connectivity index (χ4v) is 5.08. The van der Waals surface area contributed by atoms with E-state index in [0.717, 1.165) is 5.56 Å². The summed E-state index contributed by atoms with van der Waals surface area (Å²) in [6, 6.07) is 22.3. The lowest BCUT2D eigenvalue weighted by molar-refractivity contribution is 0.168. The summed E-state index contributed by atoms with van der Waals surface area (Å²) in [4.78, 5) is 13.4. The van der Waals surface area contributed by atoms with Crippen LogP contribution in [0.15, 0.2) is 106 Å². The number of phenolic OH excluding ortho intramolecular Hbond substituents is 4. The molecule has 0 unspecified atom stereocenters. The molecule has 0 saturated heterocycles. The lowest BCUT2D eigenvalue weighted by Crippen LogP contribution is -2.08. The minimum atomic E-state index is -0.647. The first-order valence-electron chi connectivity index (χ1n) is 13.8. The molecule has 220 valence electrons. The van der Waals surface area contributed by atoms with Crippen LogP contribution in [0.1, 0.15) is 35.4 Å². The fraction of sp³-hybridized carbons (Fsp3) is 0.171. The number of aromatic hydroxyl groups is 4. The normalized spacial score (nSPS) is 12.9. The molecule has 0 bridgehead atoms. The molecular weight excluding hydrogens is 548 g/mol. The predicted molar refractivity (Wildman–Crippen MR) is 164 cm³/mol. The third-order valence-electron chi connectivity index (χ3n) is 7.36. The van der Waals surface area contributed by atoms with Crippen LogP contribution in [0.3, 0.4) is 0 Å². The molecule has 1 heterocycles. The summed E-state index contributed by atoms with van der Waals surface area (Å²) < 4.78 is 11.7. The second-order valence-corrected chi connectivity index (χ2v) is 10.3. The Hall–Kier alpha value is -5.21. The highest BCUT2D eigenvalue weighted by Crippen LogP contribution is 2.42. The maximum Gasteiger partial charge on any atom is 0.197 e. The topological polar surface area (TPSA) is 141 Å². The minimum Gasteiger partial charge on any atom is -0.508 e. The van der Waals surface area contributed by atoms with Gasteiger partial charge in [0.2, 0.25) is 0 Å². The van der Waals surface area contributed by atoms with Crippen molar-refractivity contribution in [1.82, 2.24) is 0 Å². The average molecular weight is 581 g/mol. The molecule has 5 rings (SSSR count).